The normalized spacial score (nSPS) is 28.4. The summed E-state index contributed by atoms with van der Waals surface area (Å²) in [7, 11) is 0. The van der Waals surface area contributed by atoms with E-state index in [-0.39, 0.29) is 24.3 Å². The van der Waals surface area contributed by atoms with Crippen LogP contribution in [-0.2, 0) is 9.59 Å². The average Bonchev–Trinajstić information content (AvgIpc) is 2.45. The van der Waals surface area contributed by atoms with E-state index in [9.17, 15) is 9.59 Å². The lowest BCUT2D eigenvalue weighted by Gasteiger charge is -2.37. The van der Waals surface area contributed by atoms with Crippen molar-refractivity contribution in [3.63, 3.8) is 0 Å². The van der Waals surface area contributed by atoms with Crippen LogP contribution in [0, 0.1) is 11.8 Å². The Balaban J connectivity index is 1.78. The molecule has 0 aromatic heterocycles. The molecule has 1 saturated heterocycles. The van der Waals surface area contributed by atoms with E-state index in [0.29, 0.717) is 5.92 Å². The fourth-order valence-corrected chi connectivity index (χ4v) is 3.47. The Morgan fingerprint density at radius 1 is 1.10 bits per heavy atom. The maximum Gasteiger partial charge on any atom is 0.303 e. The zero-order valence-corrected chi connectivity index (χ0v) is 12.1. The molecule has 0 aromatic rings. The number of carboxylic acids is 1. The van der Waals surface area contributed by atoms with E-state index in [4.69, 9.17) is 10.8 Å². The first-order chi connectivity index (χ1) is 9.58. The maximum atomic E-state index is 12.5. The lowest BCUT2D eigenvalue weighted by molar-refractivity contribution is -0.140. The van der Waals surface area contributed by atoms with Crippen LogP contribution in [0.1, 0.15) is 51.4 Å². The van der Waals surface area contributed by atoms with Crippen molar-refractivity contribution >= 4 is 11.9 Å². The number of nitrogens with zero attached hydrogens (tertiary/aromatic N) is 1. The molecule has 1 aliphatic carbocycles. The molecule has 0 aromatic carbocycles. The number of hydrogen-bond acceptors (Lipinski definition) is 3. The minimum absolute atomic E-state index is 0.0133. The molecule has 1 amide bonds. The summed E-state index contributed by atoms with van der Waals surface area (Å²) in [6.07, 6.45) is 6.99. The van der Waals surface area contributed by atoms with Gasteiger partial charge in [0.15, 0.2) is 0 Å². The number of carboxylic acid groups (broad SMARTS) is 1. The molecule has 1 saturated carbocycles. The Kier molecular flexibility index (Phi) is 5.40. The van der Waals surface area contributed by atoms with Gasteiger partial charge in [0.2, 0.25) is 5.91 Å². The third-order valence-corrected chi connectivity index (χ3v) is 4.83. The van der Waals surface area contributed by atoms with E-state index in [1.54, 1.807) is 0 Å². The van der Waals surface area contributed by atoms with Crippen LogP contribution >= 0.6 is 0 Å². The lowest BCUT2D eigenvalue weighted by atomic mass is 9.83. The van der Waals surface area contributed by atoms with Gasteiger partial charge in [-0.15, -0.1) is 0 Å². The van der Waals surface area contributed by atoms with Crippen LogP contribution in [0.5, 0.6) is 0 Å². The van der Waals surface area contributed by atoms with Crippen molar-refractivity contribution in [1.29, 1.82) is 0 Å². The molecule has 1 aliphatic heterocycles. The molecule has 1 heterocycles. The predicted molar refractivity (Wildman–Crippen MR) is 76.1 cm³/mol. The number of nitrogens with two attached hydrogens (primary N) is 1. The molecule has 0 spiro atoms. The van der Waals surface area contributed by atoms with Gasteiger partial charge in [0.25, 0.3) is 0 Å². The number of hydrogen-bond donors (Lipinski definition) is 2. The molecule has 0 bridgehead atoms. The van der Waals surface area contributed by atoms with Gasteiger partial charge in [-0.1, -0.05) is 12.8 Å². The van der Waals surface area contributed by atoms with Crippen LogP contribution in [0.4, 0.5) is 0 Å². The summed E-state index contributed by atoms with van der Waals surface area (Å²) in [5, 5.41) is 8.71. The smallest absolute Gasteiger partial charge is 0.303 e. The minimum atomic E-state index is -0.725. The quantitative estimate of drug-likeness (QED) is 0.820. The summed E-state index contributed by atoms with van der Waals surface area (Å²) in [6.45, 7) is 1.54. The first-order valence-corrected chi connectivity index (χ1v) is 7.84. The van der Waals surface area contributed by atoms with Crippen molar-refractivity contribution in [3.8, 4) is 0 Å². The number of carbonyl (C=O) groups excluding carboxylic acids is 1. The van der Waals surface area contributed by atoms with Gasteiger partial charge in [0.1, 0.15) is 0 Å². The zero-order valence-electron chi connectivity index (χ0n) is 12.1. The van der Waals surface area contributed by atoms with E-state index in [1.165, 1.54) is 0 Å². The van der Waals surface area contributed by atoms with Crippen molar-refractivity contribution in [2.45, 2.75) is 57.4 Å². The first kappa shape index (κ1) is 15.3. The summed E-state index contributed by atoms with van der Waals surface area (Å²) in [5.41, 5.74) is 6.08. The molecule has 2 aliphatic rings. The molecular formula is C15H26N2O3. The van der Waals surface area contributed by atoms with Gasteiger partial charge < -0.3 is 15.7 Å². The molecular weight excluding hydrogens is 256 g/mol. The van der Waals surface area contributed by atoms with Crippen molar-refractivity contribution in [2.24, 2.45) is 17.6 Å². The third kappa shape index (κ3) is 3.95. The number of carbonyl (C=O) groups is 2. The van der Waals surface area contributed by atoms with Crippen molar-refractivity contribution in [2.75, 3.05) is 13.1 Å². The molecule has 20 heavy (non-hydrogen) atoms. The summed E-state index contributed by atoms with van der Waals surface area (Å²) < 4.78 is 0. The topological polar surface area (TPSA) is 83.6 Å². The van der Waals surface area contributed by atoms with E-state index in [2.05, 4.69) is 0 Å². The van der Waals surface area contributed by atoms with Crippen molar-refractivity contribution in [3.05, 3.63) is 0 Å². The van der Waals surface area contributed by atoms with E-state index < -0.39 is 5.97 Å². The second-order valence-corrected chi connectivity index (χ2v) is 6.26. The Hall–Kier alpha value is -1.10. The fourth-order valence-electron chi connectivity index (χ4n) is 3.47. The number of piperidine rings is 1. The number of amides is 1. The van der Waals surface area contributed by atoms with Crippen LogP contribution in [0.15, 0.2) is 0 Å². The van der Waals surface area contributed by atoms with Crippen LogP contribution in [-0.4, -0.2) is 41.0 Å². The minimum Gasteiger partial charge on any atom is -0.481 e. The maximum absolute atomic E-state index is 12.5. The molecule has 5 nitrogen and oxygen atoms in total. The number of likely N-dealkylation sites (tertiary alicyclic amines) is 1. The number of aliphatic carboxylic acids is 1. The molecule has 114 valence electrons. The highest BCUT2D eigenvalue weighted by Crippen LogP contribution is 2.28. The largest absolute Gasteiger partial charge is 0.481 e. The third-order valence-electron chi connectivity index (χ3n) is 4.83. The molecule has 5 heteroatoms. The molecule has 2 atom stereocenters. The lowest BCUT2D eigenvalue weighted by Crippen LogP contribution is -2.48. The van der Waals surface area contributed by atoms with Crippen molar-refractivity contribution < 1.29 is 14.7 Å². The molecule has 2 fully saturated rings. The second-order valence-electron chi connectivity index (χ2n) is 6.26. The van der Waals surface area contributed by atoms with Gasteiger partial charge in [-0.2, -0.15) is 0 Å². The Morgan fingerprint density at radius 2 is 1.75 bits per heavy atom. The molecule has 3 N–H and O–H groups in total. The van der Waals surface area contributed by atoms with Crippen LogP contribution in [0.2, 0.25) is 0 Å². The van der Waals surface area contributed by atoms with Gasteiger partial charge in [0.05, 0.1) is 5.92 Å². The van der Waals surface area contributed by atoms with E-state index in [0.717, 1.165) is 58.0 Å². The van der Waals surface area contributed by atoms with Crippen LogP contribution < -0.4 is 5.73 Å². The van der Waals surface area contributed by atoms with Gasteiger partial charge in [-0.3, -0.25) is 9.59 Å². The van der Waals surface area contributed by atoms with Crippen molar-refractivity contribution in [1.82, 2.24) is 4.90 Å². The first-order valence-electron chi connectivity index (χ1n) is 7.84. The highest BCUT2D eigenvalue weighted by Gasteiger charge is 2.33. The summed E-state index contributed by atoms with van der Waals surface area (Å²) in [6, 6.07) is 0.0287. The van der Waals surface area contributed by atoms with Gasteiger partial charge in [-0.05, 0) is 38.0 Å². The second kappa shape index (κ2) is 7.07. The average molecular weight is 282 g/mol. The Labute approximate surface area is 120 Å². The zero-order chi connectivity index (χ0) is 14.5. The van der Waals surface area contributed by atoms with Crippen LogP contribution in [0.3, 0.4) is 0 Å². The Bertz CT molecular complexity index is 351. The van der Waals surface area contributed by atoms with Gasteiger partial charge >= 0.3 is 5.97 Å². The predicted octanol–water partition coefficient (Wildman–Crippen LogP) is 1.61. The van der Waals surface area contributed by atoms with E-state index in [1.807, 2.05) is 4.90 Å². The van der Waals surface area contributed by atoms with Gasteiger partial charge in [0, 0.05) is 25.6 Å². The number of rotatable bonds is 4. The summed E-state index contributed by atoms with van der Waals surface area (Å²) >= 11 is 0. The monoisotopic (exact) mass is 282 g/mol. The highest BCUT2D eigenvalue weighted by molar-refractivity contribution is 5.79. The SMILES string of the molecule is NC1CCCCC1C(=O)N1CCC(CCC(=O)O)CC1. The highest BCUT2D eigenvalue weighted by atomic mass is 16.4. The Morgan fingerprint density at radius 3 is 2.35 bits per heavy atom. The molecule has 0 radical (unpaired) electrons. The molecule has 2 unspecified atom stereocenters. The standard InChI is InChI=1S/C15H26N2O3/c16-13-4-2-1-3-12(13)15(20)17-9-7-11(8-10-17)5-6-14(18)19/h11-13H,1-10,16H2,(H,18,19). The summed E-state index contributed by atoms with van der Waals surface area (Å²) in [5.74, 6) is -0.0277. The van der Waals surface area contributed by atoms with Gasteiger partial charge in [-0.25, -0.2) is 0 Å². The molecule has 2 rings (SSSR count). The fraction of sp³-hybridized carbons (Fsp3) is 0.867. The van der Waals surface area contributed by atoms with E-state index >= 15 is 0 Å². The van der Waals surface area contributed by atoms with Crippen LogP contribution in [0.25, 0.3) is 0 Å². The summed E-state index contributed by atoms with van der Waals surface area (Å²) in [4.78, 5) is 25.0.